The van der Waals surface area contributed by atoms with Crippen LogP contribution < -0.4 is 10.6 Å². The molecule has 0 unspecified atom stereocenters. The number of anilines is 1. The summed E-state index contributed by atoms with van der Waals surface area (Å²) in [4.78, 5) is 38.2. The Balaban J connectivity index is 1.84. The zero-order valence-corrected chi connectivity index (χ0v) is 16.0. The van der Waals surface area contributed by atoms with Crippen LogP contribution in [0.4, 0.5) is 5.82 Å². The van der Waals surface area contributed by atoms with Crippen LogP contribution in [0, 0.1) is 0 Å². The second-order valence-electron chi connectivity index (χ2n) is 6.26. The second-order valence-corrected chi connectivity index (χ2v) is 6.65. The average molecular weight is 416 g/mol. The molecular weight excluding hydrogens is 398 g/mol. The molecule has 3 N–H and O–H groups in total. The maximum Gasteiger partial charge on any atom is 0.326 e. The summed E-state index contributed by atoms with van der Waals surface area (Å²) in [7, 11) is 0. The van der Waals surface area contributed by atoms with E-state index in [1.165, 1.54) is 17.2 Å². The lowest BCUT2D eigenvalue weighted by atomic mass is 10.2. The highest BCUT2D eigenvalue weighted by atomic mass is 35.5. The van der Waals surface area contributed by atoms with E-state index in [4.69, 9.17) is 11.6 Å². The smallest absolute Gasteiger partial charge is 0.326 e. The van der Waals surface area contributed by atoms with Crippen molar-refractivity contribution in [1.29, 1.82) is 0 Å². The van der Waals surface area contributed by atoms with Gasteiger partial charge < -0.3 is 20.6 Å². The Hall–Kier alpha value is -3.46. The van der Waals surface area contributed by atoms with Gasteiger partial charge in [-0.2, -0.15) is 0 Å². The number of carboxylic acid groups (broad SMARTS) is 1. The van der Waals surface area contributed by atoms with Gasteiger partial charge in [-0.15, -0.1) is 10.2 Å². The highest BCUT2D eigenvalue weighted by molar-refractivity contribution is 6.29. The molecule has 10 heteroatoms. The molecule has 0 saturated carbocycles. The molecular formula is C19H18ClN5O4. The van der Waals surface area contributed by atoms with Gasteiger partial charge in [-0.05, 0) is 37.1 Å². The number of hydrogen-bond donors (Lipinski definition) is 3. The first-order valence-electron chi connectivity index (χ1n) is 8.82. The summed E-state index contributed by atoms with van der Waals surface area (Å²) in [5.41, 5.74) is 0.248. The van der Waals surface area contributed by atoms with Gasteiger partial charge in [0.05, 0.1) is 0 Å². The molecule has 1 fully saturated rings. The highest BCUT2D eigenvalue weighted by Gasteiger charge is 2.35. The van der Waals surface area contributed by atoms with Gasteiger partial charge in [0, 0.05) is 18.3 Å². The zero-order chi connectivity index (χ0) is 20.8. The molecule has 1 aliphatic heterocycles. The van der Waals surface area contributed by atoms with E-state index in [-0.39, 0.29) is 17.4 Å². The molecule has 150 valence electrons. The van der Waals surface area contributed by atoms with Crippen molar-refractivity contribution in [3.63, 3.8) is 0 Å². The highest BCUT2D eigenvalue weighted by Crippen LogP contribution is 2.20. The lowest BCUT2D eigenvalue weighted by Gasteiger charge is -2.23. The SMILES string of the molecule is O=C(N/C(=C\Nc1ccc(Cl)nn1)C(=O)N1CCC[C@H]1C(=O)O)c1ccccc1. The van der Waals surface area contributed by atoms with Gasteiger partial charge in [0.2, 0.25) is 0 Å². The molecule has 29 heavy (non-hydrogen) atoms. The van der Waals surface area contributed by atoms with Crippen LogP contribution in [0.5, 0.6) is 0 Å². The molecule has 2 heterocycles. The number of nitrogens with zero attached hydrogens (tertiary/aromatic N) is 3. The first-order chi connectivity index (χ1) is 14.0. The quantitative estimate of drug-likeness (QED) is 0.615. The van der Waals surface area contributed by atoms with E-state index in [1.807, 2.05) is 0 Å². The Bertz CT molecular complexity index is 933. The van der Waals surface area contributed by atoms with E-state index >= 15 is 0 Å². The molecule has 2 aromatic rings. The minimum Gasteiger partial charge on any atom is -0.480 e. The fourth-order valence-electron chi connectivity index (χ4n) is 2.90. The van der Waals surface area contributed by atoms with Crippen molar-refractivity contribution < 1.29 is 19.5 Å². The number of carboxylic acids is 1. The molecule has 9 nitrogen and oxygen atoms in total. The van der Waals surface area contributed by atoms with Crippen LogP contribution >= 0.6 is 11.6 Å². The summed E-state index contributed by atoms with van der Waals surface area (Å²) in [6.45, 7) is 0.287. The number of benzene rings is 1. The van der Waals surface area contributed by atoms with Crippen LogP contribution in [0.2, 0.25) is 5.15 Å². The molecule has 1 aromatic carbocycles. The fourth-order valence-corrected chi connectivity index (χ4v) is 3.00. The minimum atomic E-state index is -1.08. The topological polar surface area (TPSA) is 125 Å². The Morgan fingerprint density at radius 2 is 1.90 bits per heavy atom. The number of carbonyl (C=O) groups is 3. The van der Waals surface area contributed by atoms with E-state index in [9.17, 15) is 19.5 Å². The van der Waals surface area contributed by atoms with Crippen molar-refractivity contribution in [2.24, 2.45) is 0 Å². The summed E-state index contributed by atoms with van der Waals surface area (Å²) in [6, 6.07) is 10.5. The van der Waals surface area contributed by atoms with Crippen LogP contribution in [0.1, 0.15) is 23.2 Å². The summed E-state index contributed by atoms with van der Waals surface area (Å²) >= 11 is 5.70. The summed E-state index contributed by atoms with van der Waals surface area (Å²) in [6.07, 6.45) is 2.19. The molecule has 0 bridgehead atoms. The van der Waals surface area contributed by atoms with Gasteiger partial charge in [0.1, 0.15) is 11.7 Å². The van der Waals surface area contributed by atoms with Crippen molar-refractivity contribution in [2.75, 3.05) is 11.9 Å². The van der Waals surface area contributed by atoms with Crippen molar-refractivity contribution in [2.45, 2.75) is 18.9 Å². The van der Waals surface area contributed by atoms with Gasteiger partial charge in [-0.25, -0.2) is 4.79 Å². The van der Waals surface area contributed by atoms with Crippen LogP contribution in [0.3, 0.4) is 0 Å². The molecule has 1 atom stereocenters. The van der Waals surface area contributed by atoms with Gasteiger partial charge in [-0.1, -0.05) is 29.8 Å². The summed E-state index contributed by atoms with van der Waals surface area (Å²) in [5, 5.41) is 22.4. The predicted octanol–water partition coefficient (Wildman–Crippen LogP) is 1.89. The van der Waals surface area contributed by atoms with Crippen LogP contribution in [-0.4, -0.2) is 50.6 Å². The molecule has 0 radical (unpaired) electrons. The van der Waals surface area contributed by atoms with E-state index in [0.29, 0.717) is 24.2 Å². The van der Waals surface area contributed by atoms with Crippen molar-refractivity contribution in [1.82, 2.24) is 20.4 Å². The monoisotopic (exact) mass is 415 g/mol. The fraction of sp³-hybridized carbons (Fsp3) is 0.211. The van der Waals surface area contributed by atoms with Crippen molar-refractivity contribution >= 4 is 35.2 Å². The van der Waals surface area contributed by atoms with Crippen molar-refractivity contribution in [3.05, 3.63) is 65.1 Å². The summed E-state index contributed by atoms with van der Waals surface area (Å²) in [5.74, 6) is -1.89. The number of likely N-dealkylation sites (tertiary alicyclic amines) is 1. The lowest BCUT2D eigenvalue weighted by Crippen LogP contribution is -2.44. The van der Waals surface area contributed by atoms with Gasteiger partial charge in [-0.3, -0.25) is 9.59 Å². The number of halogens is 1. The molecule has 1 aliphatic rings. The van der Waals surface area contributed by atoms with Gasteiger partial charge >= 0.3 is 5.97 Å². The van der Waals surface area contributed by atoms with Gasteiger partial charge in [0.25, 0.3) is 11.8 Å². The molecule has 0 spiro atoms. The first-order valence-corrected chi connectivity index (χ1v) is 9.19. The van der Waals surface area contributed by atoms with E-state index in [0.717, 1.165) is 0 Å². The van der Waals surface area contributed by atoms with Crippen molar-refractivity contribution in [3.8, 4) is 0 Å². The molecule has 3 rings (SSSR count). The minimum absolute atomic E-state index is 0.108. The van der Waals surface area contributed by atoms with Gasteiger partial charge in [0.15, 0.2) is 11.0 Å². The molecule has 1 aromatic heterocycles. The predicted molar refractivity (Wildman–Crippen MR) is 105 cm³/mol. The third kappa shape index (κ3) is 5.08. The number of amides is 2. The maximum atomic E-state index is 13.0. The zero-order valence-electron chi connectivity index (χ0n) is 15.2. The number of hydrogen-bond acceptors (Lipinski definition) is 6. The molecule has 2 amide bonds. The Morgan fingerprint density at radius 1 is 1.14 bits per heavy atom. The third-order valence-electron chi connectivity index (χ3n) is 4.31. The standard InChI is InChI=1S/C19H18ClN5O4/c20-15-8-9-16(24-23-15)21-11-13(22-17(26)12-5-2-1-3-6-12)18(27)25-10-4-7-14(25)19(28)29/h1-3,5-6,8-9,11,14H,4,7,10H2,(H,21,24)(H,22,26)(H,28,29)/b13-11-/t14-/m0/s1. The van der Waals surface area contributed by atoms with Crippen LogP contribution in [0.15, 0.2) is 54.4 Å². The number of carbonyl (C=O) groups excluding carboxylic acids is 2. The van der Waals surface area contributed by atoms with E-state index in [2.05, 4.69) is 20.8 Å². The number of aliphatic carboxylic acids is 1. The number of nitrogens with one attached hydrogen (secondary N) is 2. The largest absolute Gasteiger partial charge is 0.480 e. The Kier molecular flexibility index (Phi) is 6.40. The van der Waals surface area contributed by atoms with Crippen LogP contribution in [0.25, 0.3) is 0 Å². The third-order valence-corrected chi connectivity index (χ3v) is 4.51. The average Bonchev–Trinajstić information content (AvgIpc) is 3.22. The second kappa shape index (κ2) is 9.16. The molecule has 1 saturated heterocycles. The number of rotatable bonds is 6. The Morgan fingerprint density at radius 3 is 2.55 bits per heavy atom. The number of aromatic nitrogens is 2. The first kappa shape index (κ1) is 20.3. The lowest BCUT2D eigenvalue weighted by molar-refractivity contribution is -0.146. The maximum absolute atomic E-state index is 13.0. The normalized spacial score (nSPS) is 16.4. The van der Waals surface area contributed by atoms with Crippen LogP contribution in [-0.2, 0) is 9.59 Å². The molecule has 0 aliphatic carbocycles. The Labute approximate surface area is 171 Å². The summed E-state index contributed by atoms with van der Waals surface area (Å²) < 4.78 is 0. The van der Waals surface area contributed by atoms with E-state index < -0.39 is 23.8 Å². The van der Waals surface area contributed by atoms with E-state index in [1.54, 1.807) is 36.4 Å².